The van der Waals surface area contributed by atoms with Gasteiger partial charge in [0.05, 0.1) is 44.2 Å². The molecule has 1 saturated carbocycles. The minimum absolute atomic E-state index is 0.00447. The van der Waals surface area contributed by atoms with Crippen LogP contribution in [0.15, 0.2) is 30.3 Å². The number of aliphatic hydroxyl groups excluding tert-OH is 2. The first-order valence-electron chi connectivity index (χ1n) is 19.9. The Labute approximate surface area is 332 Å². The van der Waals surface area contributed by atoms with E-state index in [9.17, 15) is 39.0 Å². The number of carbonyl (C=O) groups is 6. The Morgan fingerprint density at radius 1 is 0.732 bits per heavy atom. The van der Waals surface area contributed by atoms with Gasteiger partial charge in [0.1, 0.15) is 23.7 Å². The van der Waals surface area contributed by atoms with E-state index in [1.807, 2.05) is 58.0 Å². The fourth-order valence-corrected chi connectivity index (χ4v) is 6.77. The van der Waals surface area contributed by atoms with Gasteiger partial charge in [0.25, 0.3) is 0 Å². The molecule has 7 atom stereocenters. The first kappa shape index (κ1) is 47.9. The Bertz CT molecular complexity index is 1430. The zero-order chi connectivity index (χ0) is 42.2. The average Bonchev–Trinajstić information content (AvgIpc) is 3.63. The Kier molecular flexibility index (Phi) is 19.8. The summed E-state index contributed by atoms with van der Waals surface area (Å²) in [5.74, 6) is -3.04. The van der Waals surface area contributed by atoms with E-state index in [2.05, 4.69) is 31.3 Å². The monoisotopic (exact) mass is 789 g/mol. The van der Waals surface area contributed by atoms with Gasteiger partial charge in [0.15, 0.2) is 0 Å². The first-order valence-corrected chi connectivity index (χ1v) is 19.9. The lowest BCUT2D eigenvalue weighted by Crippen LogP contribution is -2.59. The highest BCUT2D eigenvalue weighted by Gasteiger charge is 2.37. The molecule has 7 N–H and O–H groups in total. The molecule has 0 spiro atoms. The van der Waals surface area contributed by atoms with E-state index < -0.39 is 90.1 Å². The van der Waals surface area contributed by atoms with Crippen LogP contribution < -0.4 is 26.6 Å². The number of ether oxygens (including phenoxy) is 2. The van der Waals surface area contributed by atoms with Gasteiger partial charge in [-0.25, -0.2) is 4.79 Å². The van der Waals surface area contributed by atoms with Crippen molar-refractivity contribution in [3.63, 3.8) is 0 Å². The van der Waals surface area contributed by atoms with Gasteiger partial charge >= 0.3 is 12.1 Å². The first-order chi connectivity index (χ1) is 26.2. The number of benzene rings is 1. The molecule has 316 valence electrons. The molecule has 15 heteroatoms. The number of esters is 1. The van der Waals surface area contributed by atoms with Crippen molar-refractivity contribution in [1.29, 1.82) is 0 Å². The zero-order valence-corrected chi connectivity index (χ0v) is 34.7. The molecule has 0 bridgehead atoms. The van der Waals surface area contributed by atoms with Crippen molar-refractivity contribution in [3.8, 4) is 0 Å². The third-order valence-corrected chi connectivity index (χ3v) is 9.55. The van der Waals surface area contributed by atoms with Crippen LogP contribution in [0.3, 0.4) is 0 Å². The summed E-state index contributed by atoms with van der Waals surface area (Å²) in [7, 11) is 1.21. The molecule has 1 fully saturated rings. The summed E-state index contributed by atoms with van der Waals surface area (Å²) in [6.07, 6.45) is -0.0901. The Morgan fingerprint density at radius 2 is 1.27 bits per heavy atom. The average molecular weight is 790 g/mol. The van der Waals surface area contributed by atoms with Crippen LogP contribution in [-0.4, -0.2) is 101 Å². The van der Waals surface area contributed by atoms with Crippen LogP contribution in [0.4, 0.5) is 4.79 Å². The fraction of sp³-hybridized carbons (Fsp3) is 0.707. The maximum atomic E-state index is 14.1. The molecule has 1 aliphatic rings. The van der Waals surface area contributed by atoms with E-state index in [1.54, 1.807) is 20.8 Å². The van der Waals surface area contributed by atoms with Gasteiger partial charge in [-0.05, 0) is 76.7 Å². The highest BCUT2D eigenvalue weighted by atomic mass is 16.6. The number of amides is 5. The summed E-state index contributed by atoms with van der Waals surface area (Å²) in [6, 6.07) is 4.44. The van der Waals surface area contributed by atoms with E-state index in [0.717, 1.165) is 18.4 Å². The molecule has 0 saturated heterocycles. The largest absolute Gasteiger partial charge is 0.469 e. The number of nitrogens with one attached hydrogen (secondary N) is 5. The minimum atomic E-state index is -1.34. The number of rotatable bonds is 21. The predicted molar refractivity (Wildman–Crippen MR) is 211 cm³/mol. The summed E-state index contributed by atoms with van der Waals surface area (Å²) in [4.78, 5) is 78.7. The van der Waals surface area contributed by atoms with Crippen molar-refractivity contribution < 1.29 is 48.5 Å². The SMILES string of the molecule is COC(=O)C[C@H](O)[C@H](CC(C)C)NC(=O)[C@H](C)NC(=O)C[C@H](O)[C@H](CC(C)C)NC(=O)C(NC(=O)[C@H](Cc1ccccc1)NC(=O)OC(C)(C)C)C1CCCC1. The van der Waals surface area contributed by atoms with Crippen molar-refractivity contribution in [2.45, 2.75) is 161 Å². The number of methoxy groups -OCH3 is 1. The second-order valence-electron chi connectivity index (χ2n) is 16.8. The Balaban J connectivity index is 2.19. The molecule has 0 aromatic heterocycles. The molecule has 0 radical (unpaired) electrons. The van der Waals surface area contributed by atoms with E-state index in [-0.39, 0.29) is 30.6 Å². The van der Waals surface area contributed by atoms with Gasteiger partial charge in [0, 0.05) is 6.42 Å². The second kappa shape index (κ2) is 23.1. The molecule has 1 aliphatic carbocycles. The van der Waals surface area contributed by atoms with E-state index >= 15 is 0 Å². The van der Waals surface area contributed by atoms with Crippen LogP contribution in [0, 0.1) is 17.8 Å². The van der Waals surface area contributed by atoms with E-state index in [0.29, 0.717) is 25.7 Å². The standard InChI is InChI=1S/C41H67N5O10/c1-24(2)19-29(32(47)22-34(49)42-26(5)37(51)43-30(20-25(3)4)33(48)23-35(50)55-9)44-39(53)36(28-17-13-14-18-28)46-38(52)31(21-27-15-11-10-12-16-27)45-40(54)56-41(6,7)8/h10-12,15-16,24-26,28-33,36,47-48H,13-14,17-23H2,1-9H3,(H,42,49)(H,43,51)(H,44,53)(H,45,54)(H,46,52)/t26-,29-,30-,31-,32-,33-,36?/m0/s1. The van der Waals surface area contributed by atoms with Crippen molar-refractivity contribution >= 4 is 35.7 Å². The van der Waals surface area contributed by atoms with Gasteiger partial charge in [-0.2, -0.15) is 0 Å². The van der Waals surface area contributed by atoms with Crippen LogP contribution in [0.2, 0.25) is 0 Å². The summed E-state index contributed by atoms with van der Waals surface area (Å²) in [5, 5.41) is 35.7. The molecule has 15 nitrogen and oxygen atoms in total. The molecule has 0 aliphatic heterocycles. The highest BCUT2D eigenvalue weighted by molar-refractivity contribution is 5.92. The summed E-state index contributed by atoms with van der Waals surface area (Å²) >= 11 is 0. The molecular weight excluding hydrogens is 722 g/mol. The van der Waals surface area contributed by atoms with Crippen molar-refractivity contribution in [2.24, 2.45) is 17.8 Å². The van der Waals surface area contributed by atoms with Gasteiger partial charge in [-0.3, -0.25) is 24.0 Å². The summed E-state index contributed by atoms with van der Waals surface area (Å²) in [5.41, 5.74) is -0.00719. The predicted octanol–water partition coefficient (Wildman–Crippen LogP) is 3.04. The normalized spacial score (nSPS) is 17.1. The minimum Gasteiger partial charge on any atom is -0.469 e. The van der Waals surface area contributed by atoms with Crippen LogP contribution in [0.25, 0.3) is 0 Å². The third-order valence-electron chi connectivity index (χ3n) is 9.55. The number of alkyl carbamates (subject to hydrolysis) is 1. The van der Waals surface area contributed by atoms with Crippen molar-refractivity contribution in [1.82, 2.24) is 26.6 Å². The molecule has 0 heterocycles. The molecular formula is C41H67N5O10. The summed E-state index contributed by atoms with van der Waals surface area (Å²) < 4.78 is 10.1. The van der Waals surface area contributed by atoms with E-state index in [4.69, 9.17) is 4.74 Å². The molecule has 5 amide bonds. The van der Waals surface area contributed by atoms with E-state index in [1.165, 1.54) is 14.0 Å². The smallest absolute Gasteiger partial charge is 0.408 e. The lowest BCUT2D eigenvalue weighted by molar-refractivity contribution is -0.144. The second-order valence-corrected chi connectivity index (χ2v) is 16.8. The van der Waals surface area contributed by atoms with Crippen LogP contribution in [-0.2, 0) is 39.9 Å². The molecule has 1 aromatic rings. The highest BCUT2D eigenvalue weighted by Crippen LogP contribution is 2.28. The third kappa shape index (κ3) is 17.7. The van der Waals surface area contributed by atoms with Gasteiger partial charge in [-0.15, -0.1) is 0 Å². The topological polar surface area (TPSA) is 221 Å². The van der Waals surface area contributed by atoms with Crippen molar-refractivity contribution in [2.75, 3.05) is 7.11 Å². The molecule has 56 heavy (non-hydrogen) atoms. The lowest BCUT2D eigenvalue weighted by atomic mass is 9.93. The van der Waals surface area contributed by atoms with Gasteiger partial charge < -0.3 is 46.3 Å². The number of hydrogen-bond donors (Lipinski definition) is 7. The lowest BCUT2D eigenvalue weighted by Gasteiger charge is -2.31. The zero-order valence-electron chi connectivity index (χ0n) is 34.7. The molecule has 2 rings (SSSR count). The maximum Gasteiger partial charge on any atom is 0.408 e. The van der Waals surface area contributed by atoms with Crippen LogP contribution >= 0.6 is 0 Å². The van der Waals surface area contributed by atoms with Crippen LogP contribution in [0.1, 0.15) is 112 Å². The Morgan fingerprint density at radius 3 is 1.79 bits per heavy atom. The quantitative estimate of drug-likeness (QED) is 0.0903. The molecule has 1 aromatic carbocycles. The van der Waals surface area contributed by atoms with Crippen LogP contribution in [0.5, 0.6) is 0 Å². The number of aliphatic hydroxyl groups is 2. The summed E-state index contributed by atoms with van der Waals surface area (Å²) in [6.45, 7) is 14.2. The maximum absolute atomic E-state index is 14.1. The van der Waals surface area contributed by atoms with Gasteiger partial charge in [0.2, 0.25) is 23.6 Å². The fourth-order valence-electron chi connectivity index (χ4n) is 6.77. The number of carbonyl (C=O) groups excluding carboxylic acids is 6. The number of hydrogen-bond acceptors (Lipinski definition) is 10. The Hall–Kier alpha value is -4.24. The van der Waals surface area contributed by atoms with Crippen molar-refractivity contribution in [3.05, 3.63) is 35.9 Å². The van der Waals surface area contributed by atoms with Gasteiger partial charge in [-0.1, -0.05) is 70.9 Å². The molecule has 1 unspecified atom stereocenters.